The van der Waals surface area contributed by atoms with Crippen LogP contribution in [0.25, 0.3) is 0 Å². The average molecular weight is 341 g/mol. The Labute approximate surface area is 140 Å². The number of hydrogen-bond acceptors (Lipinski definition) is 3. The highest BCUT2D eigenvalue weighted by Gasteiger charge is 2.36. The van der Waals surface area contributed by atoms with Crippen LogP contribution in [0.4, 0.5) is 4.79 Å². The minimum atomic E-state index is -1.21. The van der Waals surface area contributed by atoms with E-state index in [1.165, 1.54) is 0 Å². The summed E-state index contributed by atoms with van der Waals surface area (Å²) in [5.41, 5.74) is -0.201. The SMILES string of the molecule is CCC(NC(=O)O)C(=O)N1CCC(O)(c2ccc(Cl)cc2)CC1. The fourth-order valence-electron chi connectivity index (χ4n) is 2.85. The lowest BCUT2D eigenvalue weighted by Crippen LogP contribution is -2.52. The molecule has 6 nitrogen and oxygen atoms in total. The van der Waals surface area contributed by atoms with Crippen LogP contribution in [0.5, 0.6) is 0 Å². The first kappa shape index (κ1) is 17.6. The van der Waals surface area contributed by atoms with E-state index in [1.807, 2.05) is 0 Å². The molecule has 1 saturated heterocycles. The molecular weight excluding hydrogens is 320 g/mol. The topological polar surface area (TPSA) is 89.9 Å². The van der Waals surface area contributed by atoms with Gasteiger partial charge in [-0.05, 0) is 37.0 Å². The average Bonchev–Trinajstić information content (AvgIpc) is 2.53. The van der Waals surface area contributed by atoms with E-state index in [0.717, 1.165) is 5.56 Å². The number of amides is 2. The molecule has 7 heteroatoms. The summed E-state index contributed by atoms with van der Waals surface area (Å²) in [6.45, 7) is 2.53. The van der Waals surface area contributed by atoms with Crippen molar-refractivity contribution in [2.24, 2.45) is 0 Å². The number of nitrogens with one attached hydrogen (secondary N) is 1. The first-order chi connectivity index (χ1) is 10.9. The van der Waals surface area contributed by atoms with Crippen LogP contribution in [0.3, 0.4) is 0 Å². The van der Waals surface area contributed by atoms with Crippen molar-refractivity contribution < 1.29 is 19.8 Å². The Morgan fingerprint density at radius 1 is 1.30 bits per heavy atom. The van der Waals surface area contributed by atoms with Crippen LogP contribution in [0.15, 0.2) is 24.3 Å². The van der Waals surface area contributed by atoms with Crippen LogP contribution in [-0.4, -0.2) is 46.2 Å². The molecule has 0 aromatic heterocycles. The molecule has 1 aliphatic heterocycles. The predicted octanol–water partition coefficient (Wildman–Crippen LogP) is 2.20. The van der Waals surface area contributed by atoms with Crippen LogP contribution in [-0.2, 0) is 10.4 Å². The maximum Gasteiger partial charge on any atom is 0.405 e. The van der Waals surface area contributed by atoms with Crippen LogP contribution in [0.1, 0.15) is 31.7 Å². The van der Waals surface area contributed by atoms with E-state index >= 15 is 0 Å². The molecule has 1 aromatic rings. The minimum absolute atomic E-state index is 0.243. The quantitative estimate of drug-likeness (QED) is 0.783. The van der Waals surface area contributed by atoms with Gasteiger partial charge in [-0.3, -0.25) is 4.79 Å². The van der Waals surface area contributed by atoms with Crippen LogP contribution in [0.2, 0.25) is 5.02 Å². The first-order valence-electron chi connectivity index (χ1n) is 7.62. The molecule has 1 heterocycles. The Kier molecular flexibility index (Phi) is 5.49. The monoisotopic (exact) mass is 340 g/mol. The molecular formula is C16H21ClN2O4. The zero-order valence-electron chi connectivity index (χ0n) is 13.0. The molecule has 1 atom stereocenters. The highest BCUT2D eigenvalue weighted by Crippen LogP contribution is 2.33. The van der Waals surface area contributed by atoms with Gasteiger partial charge in [0.05, 0.1) is 5.60 Å². The third kappa shape index (κ3) is 4.14. The molecule has 0 saturated carbocycles. The van der Waals surface area contributed by atoms with Crippen molar-refractivity contribution in [2.45, 2.75) is 37.8 Å². The third-order valence-electron chi connectivity index (χ3n) is 4.29. The van der Waals surface area contributed by atoms with Gasteiger partial charge in [-0.2, -0.15) is 0 Å². The first-order valence-corrected chi connectivity index (χ1v) is 8.00. The van der Waals surface area contributed by atoms with Gasteiger partial charge >= 0.3 is 6.09 Å². The summed E-state index contributed by atoms with van der Waals surface area (Å²) in [5.74, 6) is -0.243. The van der Waals surface area contributed by atoms with Crippen molar-refractivity contribution in [3.63, 3.8) is 0 Å². The summed E-state index contributed by atoms with van der Waals surface area (Å²) in [6, 6.07) is 6.31. The fourth-order valence-corrected chi connectivity index (χ4v) is 2.98. The Morgan fingerprint density at radius 3 is 2.35 bits per heavy atom. The fraction of sp³-hybridized carbons (Fsp3) is 0.500. The maximum absolute atomic E-state index is 12.4. The van der Waals surface area contributed by atoms with E-state index in [-0.39, 0.29) is 5.91 Å². The van der Waals surface area contributed by atoms with Crippen LogP contribution >= 0.6 is 11.6 Å². The Bertz CT molecular complexity index is 568. The molecule has 3 N–H and O–H groups in total. The minimum Gasteiger partial charge on any atom is -0.465 e. The number of rotatable bonds is 4. The number of nitrogens with zero attached hydrogens (tertiary/aromatic N) is 1. The number of benzene rings is 1. The molecule has 0 bridgehead atoms. The molecule has 23 heavy (non-hydrogen) atoms. The Morgan fingerprint density at radius 2 is 1.87 bits per heavy atom. The lowest BCUT2D eigenvalue weighted by atomic mass is 9.84. The molecule has 1 aliphatic rings. The van der Waals surface area contributed by atoms with Crippen molar-refractivity contribution in [3.8, 4) is 0 Å². The van der Waals surface area contributed by atoms with E-state index in [4.69, 9.17) is 16.7 Å². The summed E-state index contributed by atoms with van der Waals surface area (Å²) < 4.78 is 0. The van der Waals surface area contributed by atoms with E-state index in [0.29, 0.717) is 37.4 Å². The number of piperidine rings is 1. The lowest BCUT2D eigenvalue weighted by Gasteiger charge is -2.39. The van der Waals surface area contributed by atoms with Crippen molar-refractivity contribution in [3.05, 3.63) is 34.9 Å². The lowest BCUT2D eigenvalue weighted by molar-refractivity contribution is -0.138. The normalized spacial score (nSPS) is 18.3. The number of hydrogen-bond donors (Lipinski definition) is 3. The number of carboxylic acid groups (broad SMARTS) is 1. The molecule has 2 rings (SSSR count). The summed E-state index contributed by atoms with van der Waals surface area (Å²) >= 11 is 5.86. The molecule has 0 aliphatic carbocycles. The second-order valence-corrected chi connectivity index (χ2v) is 6.21. The Hall–Kier alpha value is -1.79. The molecule has 0 radical (unpaired) electrons. The molecule has 126 valence electrons. The van der Waals surface area contributed by atoms with Gasteiger partial charge in [-0.1, -0.05) is 30.7 Å². The number of halogens is 1. The van der Waals surface area contributed by atoms with Crippen LogP contribution in [0, 0.1) is 0 Å². The number of aliphatic hydroxyl groups is 1. The highest BCUT2D eigenvalue weighted by molar-refractivity contribution is 6.30. The zero-order valence-corrected chi connectivity index (χ0v) is 13.7. The molecule has 1 fully saturated rings. The van der Waals surface area contributed by atoms with Gasteiger partial charge < -0.3 is 20.4 Å². The van der Waals surface area contributed by atoms with E-state index in [9.17, 15) is 14.7 Å². The van der Waals surface area contributed by atoms with E-state index in [1.54, 1.807) is 36.1 Å². The number of carbonyl (C=O) groups is 2. The standard InChI is InChI=1S/C16H21ClN2O4/c1-2-13(18-15(21)22)14(20)19-9-7-16(23,8-10-19)11-3-5-12(17)6-4-11/h3-6,13,18,23H,2,7-10H2,1H3,(H,21,22). The summed E-state index contributed by atoms with van der Waals surface area (Å²) in [4.78, 5) is 24.7. The number of likely N-dealkylation sites (tertiary alicyclic amines) is 1. The van der Waals surface area contributed by atoms with Crippen molar-refractivity contribution in [2.75, 3.05) is 13.1 Å². The largest absolute Gasteiger partial charge is 0.465 e. The number of carbonyl (C=O) groups excluding carboxylic acids is 1. The molecule has 2 amide bonds. The van der Waals surface area contributed by atoms with Gasteiger partial charge in [0, 0.05) is 18.1 Å². The van der Waals surface area contributed by atoms with Crippen molar-refractivity contribution >= 4 is 23.6 Å². The van der Waals surface area contributed by atoms with Gasteiger partial charge in [-0.15, -0.1) is 0 Å². The van der Waals surface area contributed by atoms with Crippen molar-refractivity contribution in [1.29, 1.82) is 0 Å². The summed E-state index contributed by atoms with van der Waals surface area (Å²) in [6.07, 6.45) is -0.00325. The van der Waals surface area contributed by atoms with Gasteiger partial charge in [0.2, 0.25) is 5.91 Å². The maximum atomic E-state index is 12.4. The Balaban J connectivity index is 2.01. The van der Waals surface area contributed by atoms with Crippen LogP contribution < -0.4 is 5.32 Å². The van der Waals surface area contributed by atoms with Gasteiger partial charge in [0.25, 0.3) is 0 Å². The van der Waals surface area contributed by atoms with E-state index in [2.05, 4.69) is 5.32 Å². The second-order valence-electron chi connectivity index (χ2n) is 5.77. The summed E-state index contributed by atoms with van der Waals surface area (Å²) in [5, 5.41) is 22.4. The molecule has 1 aromatic carbocycles. The summed E-state index contributed by atoms with van der Waals surface area (Å²) in [7, 11) is 0. The second kappa shape index (κ2) is 7.19. The molecule has 0 spiro atoms. The smallest absolute Gasteiger partial charge is 0.405 e. The van der Waals surface area contributed by atoms with Crippen molar-refractivity contribution in [1.82, 2.24) is 10.2 Å². The van der Waals surface area contributed by atoms with Gasteiger partial charge in [-0.25, -0.2) is 4.79 Å². The van der Waals surface area contributed by atoms with Gasteiger partial charge in [0.15, 0.2) is 0 Å². The molecule has 1 unspecified atom stereocenters. The van der Waals surface area contributed by atoms with Gasteiger partial charge in [0.1, 0.15) is 6.04 Å². The predicted molar refractivity (Wildman–Crippen MR) is 86.4 cm³/mol. The highest BCUT2D eigenvalue weighted by atomic mass is 35.5. The van der Waals surface area contributed by atoms with E-state index < -0.39 is 17.7 Å². The third-order valence-corrected chi connectivity index (χ3v) is 4.54. The zero-order chi connectivity index (χ0) is 17.0.